The highest BCUT2D eigenvalue weighted by molar-refractivity contribution is 8.01. The molecule has 0 fully saturated rings. The summed E-state index contributed by atoms with van der Waals surface area (Å²) in [6.45, 7) is 2.56. The van der Waals surface area contributed by atoms with E-state index in [0.29, 0.717) is 17.5 Å². The number of carbonyl (C=O) groups excluding carboxylic acids is 1. The zero-order valence-electron chi connectivity index (χ0n) is 13.2. The molecule has 0 radical (unpaired) electrons. The van der Waals surface area contributed by atoms with Crippen molar-refractivity contribution in [1.29, 1.82) is 5.26 Å². The lowest BCUT2D eigenvalue weighted by Gasteiger charge is -2.00. The van der Waals surface area contributed by atoms with Crippen molar-refractivity contribution in [3.63, 3.8) is 0 Å². The number of benzene rings is 1. The molecule has 0 saturated heterocycles. The number of rotatable bonds is 6. The standard InChI is InChI=1S/C17H13N3O3S2/c1-2-22-11-3-5-13-14(8-11)24-17(20-13)25-15-6-4-12(23-15)7-10(9-18)16(19)21/h3-8H,2H2,1H3,(H2,19,21)/b10-7+. The molecule has 3 rings (SSSR count). The summed E-state index contributed by atoms with van der Waals surface area (Å²) in [6.07, 6.45) is 1.32. The Morgan fingerprint density at radius 2 is 2.32 bits per heavy atom. The van der Waals surface area contributed by atoms with Gasteiger partial charge in [0.25, 0.3) is 5.91 Å². The number of amides is 1. The van der Waals surface area contributed by atoms with Crippen LogP contribution in [-0.2, 0) is 4.79 Å². The molecule has 2 aromatic heterocycles. The Balaban J connectivity index is 1.80. The molecule has 0 aliphatic carbocycles. The third kappa shape index (κ3) is 4.02. The zero-order chi connectivity index (χ0) is 17.8. The molecule has 8 heteroatoms. The van der Waals surface area contributed by atoms with E-state index in [1.165, 1.54) is 29.2 Å². The van der Waals surface area contributed by atoms with Crippen LogP contribution in [0.5, 0.6) is 5.75 Å². The van der Waals surface area contributed by atoms with Crippen LogP contribution in [0.2, 0.25) is 0 Å². The van der Waals surface area contributed by atoms with Crippen LogP contribution >= 0.6 is 23.1 Å². The Hall–Kier alpha value is -2.76. The van der Waals surface area contributed by atoms with E-state index in [4.69, 9.17) is 20.1 Å². The van der Waals surface area contributed by atoms with E-state index < -0.39 is 5.91 Å². The lowest BCUT2D eigenvalue weighted by Crippen LogP contribution is -2.12. The van der Waals surface area contributed by atoms with Gasteiger partial charge in [-0.15, -0.1) is 11.3 Å². The monoisotopic (exact) mass is 371 g/mol. The Labute approximate surface area is 151 Å². The summed E-state index contributed by atoms with van der Waals surface area (Å²) in [4.78, 5) is 15.6. The number of carbonyl (C=O) groups is 1. The molecular formula is C17H13N3O3S2. The van der Waals surface area contributed by atoms with Crippen molar-refractivity contribution in [2.24, 2.45) is 5.73 Å². The van der Waals surface area contributed by atoms with Gasteiger partial charge in [-0.2, -0.15) is 5.26 Å². The van der Waals surface area contributed by atoms with Gasteiger partial charge in [-0.25, -0.2) is 4.98 Å². The van der Waals surface area contributed by atoms with Crippen LogP contribution in [0.1, 0.15) is 12.7 Å². The fraction of sp³-hybridized carbons (Fsp3) is 0.118. The molecule has 2 N–H and O–H groups in total. The fourth-order valence-electron chi connectivity index (χ4n) is 2.04. The van der Waals surface area contributed by atoms with E-state index in [1.54, 1.807) is 18.2 Å². The van der Waals surface area contributed by atoms with Gasteiger partial charge in [-0.05, 0) is 49.0 Å². The Morgan fingerprint density at radius 3 is 3.04 bits per heavy atom. The van der Waals surface area contributed by atoms with Gasteiger partial charge >= 0.3 is 0 Å². The number of hydrogen-bond acceptors (Lipinski definition) is 7. The number of ether oxygens (including phenoxy) is 1. The van der Waals surface area contributed by atoms with Gasteiger partial charge in [0.15, 0.2) is 9.43 Å². The second-order valence-corrected chi connectivity index (χ2v) is 7.12. The second-order valence-electron chi connectivity index (χ2n) is 4.84. The van der Waals surface area contributed by atoms with Crippen molar-refractivity contribution in [3.05, 3.63) is 41.7 Å². The third-order valence-electron chi connectivity index (χ3n) is 3.11. The highest BCUT2D eigenvalue weighted by Crippen LogP contribution is 2.36. The van der Waals surface area contributed by atoms with Gasteiger partial charge in [-0.3, -0.25) is 4.79 Å². The molecular weight excluding hydrogens is 358 g/mol. The summed E-state index contributed by atoms with van der Waals surface area (Å²) in [5.74, 6) is 0.415. The SMILES string of the molecule is CCOc1ccc2nc(Sc3ccc(/C=C(\C#N)C(N)=O)o3)sc2c1. The zero-order valence-corrected chi connectivity index (χ0v) is 14.8. The largest absolute Gasteiger partial charge is 0.494 e. The summed E-state index contributed by atoms with van der Waals surface area (Å²) in [6, 6.07) is 10.9. The molecule has 0 saturated carbocycles. The van der Waals surface area contributed by atoms with Gasteiger partial charge < -0.3 is 14.9 Å². The number of nitriles is 1. The van der Waals surface area contributed by atoms with Crippen LogP contribution in [-0.4, -0.2) is 17.5 Å². The van der Waals surface area contributed by atoms with Crippen LogP contribution in [0.15, 0.2) is 49.8 Å². The van der Waals surface area contributed by atoms with Gasteiger partial charge in [0, 0.05) is 6.08 Å². The van der Waals surface area contributed by atoms with Crippen molar-refractivity contribution in [2.45, 2.75) is 16.4 Å². The number of thiazole rings is 1. The molecule has 1 amide bonds. The normalized spacial score (nSPS) is 11.4. The summed E-state index contributed by atoms with van der Waals surface area (Å²) in [7, 11) is 0. The maximum Gasteiger partial charge on any atom is 0.259 e. The van der Waals surface area contributed by atoms with Crippen LogP contribution < -0.4 is 10.5 Å². The Bertz CT molecular complexity index is 998. The van der Waals surface area contributed by atoms with E-state index in [1.807, 2.05) is 25.1 Å². The van der Waals surface area contributed by atoms with Crippen molar-refractivity contribution >= 4 is 45.3 Å². The minimum absolute atomic E-state index is 0.158. The first-order chi connectivity index (χ1) is 12.1. The van der Waals surface area contributed by atoms with E-state index in [9.17, 15) is 4.79 Å². The summed E-state index contributed by atoms with van der Waals surface area (Å²) >= 11 is 2.90. The molecule has 0 atom stereocenters. The van der Waals surface area contributed by atoms with E-state index in [2.05, 4.69) is 4.98 Å². The topological polar surface area (TPSA) is 102 Å². The average molecular weight is 371 g/mol. The van der Waals surface area contributed by atoms with Crippen LogP contribution in [0.25, 0.3) is 16.3 Å². The summed E-state index contributed by atoms with van der Waals surface area (Å²) < 4.78 is 12.9. The summed E-state index contributed by atoms with van der Waals surface area (Å²) in [5, 5.41) is 9.46. The minimum atomic E-state index is -0.788. The Morgan fingerprint density at radius 1 is 1.48 bits per heavy atom. The van der Waals surface area contributed by atoms with E-state index >= 15 is 0 Å². The minimum Gasteiger partial charge on any atom is -0.494 e. The molecule has 2 heterocycles. The predicted octanol–water partition coefficient (Wildman–Crippen LogP) is 3.83. The molecule has 3 aromatic rings. The van der Waals surface area contributed by atoms with Crippen molar-refractivity contribution in [3.8, 4) is 11.8 Å². The molecule has 0 bridgehead atoms. The molecule has 0 aliphatic rings. The molecule has 1 aromatic carbocycles. The quantitative estimate of drug-likeness (QED) is 0.522. The lowest BCUT2D eigenvalue weighted by atomic mass is 10.2. The number of aromatic nitrogens is 1. The predicted molar refractivity (Wildman–Crippen MR) is 96.4 cm³/mol. The molecule has 0 spiro atoms. The van der Waals surface area contributed by atoms with Crippen LogP contribution in [0.3, 0.4) is 0 Å². The third-order valence-corrected chi connectivity index (χ3v) is 5.11. The second kappa shape index (κ2) is 7.42. The van der Waals surface area contributed by atoms with Gasteiger partial charge in [0.2, 0.25) is 0 Å². The lowest BCUT2D eigenvalue weighted by molar-refractivity contribution is -0.114. The number of primary amides is 1. The number of furan rings is 1. The van der Waals surface area contributed by atoms with E-state index in [-0.39, 0.29) is 5.57 Å². The molecule has 0 aliphatic heterocycles. The number of nitrogens with zero attached hydrogens (tertiary/aromatic N) is 2. The number of nitrogens with two attached hydrogens (primary N) is 1. The molecule has 6 nitrogen and oxygen atoms in total. The van der Waals surface area contributed by atoms with Gasteiger partial charge in [0.1, 0.15) is 23.2 Å². The molecule has 25 heavy (non-hydrogen) atoms. The first-order valence-electron chi connectivity index (χ1n) is 7.31. The maximum atomic E-state index is 11.1. The smallest absolute Gasteiger partial charge is 0.259 e. The van der Waals surface area contributed by atoms with Gasteiger partial charge in [0.05, 0.1) is 16.8 Å². The maximum absolute atomic E-state index is 11.1. The Kier molecular flexibility index (Phi) is 5.07. The first kappa shape index (κ1) is 17.1. The fourth-order valence-corrected chi connectivity index (χ4v) is 4.04. The van der Waals surface area contributed by atoms with Crippen molar-refractivity contribution in [2.75, 3.05) is 6.61 Å². The molecule has 126 valence electrons. The van der Waals surface area contributed by atoms with Crippen molar-refractivity contribution < 1.29 is 13.9 Å². The molecule has 0 unspecified atom stereocenters. The van der Waals surface area contributed by atoms with Crippen LogP contribution in [0, 0.1) is 11.3 Å². The van der Waals surface area contributed by atoms with Crippen LogP contribution in [0.4, 0.5) is 0 Å². The van der Waals surface area contributed by atoms with E-state index in [0.717, 1.165) is 20.3 Å². The highest BCUT2D eigenvalue weighted by atomic mass is 32.2. The highest BCUT2D eigenvalue weighted by Gasteiger charge is 2.11. The van der Waals surface area contributed by atoms with Crippen molar-refractivity contribution in [1.82, 2.24) is 4.98 Å². The number of hydrogen-bond donors (Lipinski definition) is 1. The average Bonchev–Trinajstić information content (AvgIpc) is 3.18. The van der Waals surface area contributed by atoms with Gasteiger partial charge in [-0.1, -0.05) is 0 Å². The summed E-state index contributed by atoms with van der Waals surface area (Å²) in [5.41, 5.74) is 5.84. The first-order valence-corrected chi connectivity index (χ1v) is 8.95. The number of fused-ring (bicyclic) bond motifs is 1.